The zero-order valence-electron chi connectivity index (χ0n) is 13.1. The molecule has 2 heterocycles. The van der Waals surface area contributed by atoms with Crippen LogP contribution in [-0.2, 0) is 0 Å². The standard InChI is InChI=1S/C16H17ClFN3O2.ClH/c1-9-13(16(22)20-10-4-3-7-19-8-10)15(21-23-9)14-11(17)5-2-6-12(14)18;/h2,5-6,10,19H,3-4,7-8H2,1H3,(H,20,22);1H/t10-;/m0./s1. The highest BCUT2D eigenvalue weighted by atomic mass is 35.5. The SMILES string of the molecule is Cc1onc(-c2c(F)cccc2Cl)c1C(=O)N[C@H]1CCCNC1.Cl. The molecule has 3 rings (SSSR count). The monoisotopic (exact) mass is 373 g/mol. The van der Waals surface area contributed by atoms with E-state index in [-0.39, 0.29) is 46.2 Å². The number of nitrogens with one attached hydrogen (secondary N) is 2. The Balaban J connectivity index is 0.00000208. The number of nitrogens with zero attached hydrogens (tertiary/aromatic N) is 1. The molecule has 8 heteroatoms. The van der Waals surface area contributed by atoms with Crippen LogP contribution in [-0.4, -0.2) is 30.2 Å². The molecule has 5 nitrogen and oxygen atoms in total. The van der Waals surface area contributed by atoms with Gasteiger partial charge in [-0.1, -0.05) is 22.8 Å². The number of aryl methyl sites for hydroxylation is 1. The molecule has 1 atom stereocenters. The maximum absolute atomic E-state index is 14.1. The Morgan fingerprint density at radius 3 is 2.96 bits per heavy atom. The summed E-state index contributed by atoms with van der Waals surface area (Å²) in [6, 6.07) is 4.37. The molecule has 130 valence electrons. The second-order valence-electron chi connectivity index (χ2n) is 5.58. The molecule has 0 bridgehead atoms. The Morgan fingerprint density at radius 1 is 1.50 bits per heavy atom. The molecule has 24 heavy (non-hydrogen) atoms. The van der Waals surface area contributed by atoms with E-state index in [0.717, 1.165) is 19.4 Å². The van der Waals surface area contributed by atoms with Crippen molar-refractivity contribution >= 4 is 29.9 Å². The summed E-state index contributed by atoms with van der Waals surface area (Å²) >= 11 is 6.08. The molecule has 1 fully saturated rings. The fourth-order valence-corrected chi connectivity index (χ4v) is 3.02. The van der Waals surface area contributed by atoms with Gasteiger partial charge in [0.15, 0.2) is 0 Å². The van der Waals surface area contributed by atoms with E-state index in [0.29, 0.717) is 12.3 Å². The zero-order chi connectivity index (χ0) is 16.4. The molecule has 1 aliphatic rings. The lowest BCUT2D eigenvalue weighted by Crippen LogP contribution is -2.45. The van der Waals surface area contributed by atoms with Gasteiger partial charge in [0.05, 0.1) is 10.6 Å². The number of piperidine rings is 1. The second kappa shape index (κ2) is 7.96. The summed E-state index contributed by atoms with van der Waals surface area (Å²) in [5, 5.41) is 10.2. The first kappa shape index (κ1) is 18.7. The van der Waals surface area contributed by atoms with Gasteiger partial charge in [0.1, 0.15) is 22.8 Å². The largest absolute Gasteiger partial charge is 0.360 e. The summed E-state index contributed by atoms with van der Waals surface area (Å²) in [4.78, 5) is 12.6. The van der Waals surface area contributed by atoms with Crippen LogP contribution >= 0.6 is 24.0 Å². The normalized spacial score (nSPS) is 17.2. The van der Waals surface area contributed by atoms with Gasteiger partial charge in [0.25, 0.3) is 5.91 Å². The van der Waals surface area contributed by atoms with Gasteiger partial charge in [-0.05, 0) is 38.4 Å². The van der Waals surface area contributed by atoms with Crippen LogP contribution in [0.25, 0.3) is 11.3 Å². The van der Waals surface area contributed by atoms with Gasteiger partial charge in [-0.15, -0.1) is 12.4 Å². The number of hydrogen-bond acceptors (Lipinski definition) is 4. The number of benzene rings is 1. The minimum absolute atomic E-state index is 0. The summed E-state index contributed by atoms with van der Waals surface area (Å²) in [6.45, 7) is 3.29. The number of amides is 1. The molecular formula is C16H18Cl2FN3O2. The Morgan fingerprint density at radius 2 is 2.29 bits per heavy atom. The zero-order valence-corrected chi connectivity index (χ0v) is 14.6. The molecule has 0 radical (unpaired) electrons. The van der Waals surface area contributed by atoms with Crippen molar-refractivity contribution in [1.82, 2.24) is 15.8 Å². The van der Waals surface area contributed by atoms with Crippen molar-refractivity contribution in [2.75, 3.05) is 13.1 Å². The second-order valence-corrected chi connectivity index (χ2v) is 5.98. The summed E-state index contributed by atoms with van der Waals surface area (Å²) in [7, 11) is 0. The lowest BCUT2D eigenvalue weighted by Gasteiger charge is -2.23. The molecule has 1 aliphatic heterocycles. The van der Waals surface area contributed by atoms with Gasteiger partial charge in [-0.3, -0.25) is 4.79 Å². The van der Waals surface area contributed by atoms with Crippen molar-refractivity contribution in [2.45, 2.75) is 25.8 Å². The van der Waals surface area contributed by atoms with E-state index in [9.17, 15) is 9.18 Å². The molecule has 0 saturated carbocycles. The van der Waals surface area contributed by atoms with Crippen molar-refractivity contribution in [3.63, 3.8) is 0 Å². The van der Waals surface area contributed by atoms with E-state index < -0.39 is 5.82 Å². The van der Waals surface area contributed by atoms with Crippen LogP contribution in [0.3, 0.4) is 0 Å². The van der Waals surface area contributed by atoms with Crippen LogP contribution < -0.4 is 10.6 Å². The molecule has 1 saturated heterocycles. The molecule has 1 amide bonds. The number of rotatable bonds is 3. The van der Waals surface area contributed by atoms with E-state index in [1.165, 1.54) is 12.1 Å². The summed E-state index contributed by atoms with van der Waals surface area (Å²) in [5.74, 6) is -0.536. The number of carbonyl (C=O) groups is 1. The summed E-state index contributed by atoms with van der Waals surface area (Å²) in [6.07, 6.45) is 1.90. The predicted molar refractivity (Wildman–Crippen MR) is 92.2 cm³/mol. The van der Waals surface area contributed by atoms with Crippen LogP contribution in [0.4, 0.5) is 4.39 Å². The highest BCUT2D eigenvalue weighted by Gasteiger charge is 2.27. The average Bonchev–Trinajstić information content (AvgIpc) is 2.90. The molecule has 0 unspecified atom stereocenters. The lowest BCUT2D eigenvalue weighted by molar-refractivity contribution is 0.0929. The maximum Gasteiger partial charge on any atom is 0.257 e. The summed E-state index contributed by atoms with van der Waals surface area (Å²) in [5.41, 5.74) is 0.437. The van der Waals surface area contributed by atoms with E-state index in [4.69, 9.17) is 16.1 Å². The third-order valence-electron chi connectivity index (χ3n) is 3.92. The van der Waals surface area contributed by atoms with E-state index >= 15 is 0 Å². The number of aromatic nitrogens is 1. The topological polar surface area (TPSA) is 67.2 Å². The number of halogens is 3. The van der Waals surface area contributed by atoms with Crippen LogP contribution in [0.5, 0.6) is 0 Å². The molecule has 2 N–H and O–H groups in total. The third-order valence-corrected chi connectivity index (χ3v) is 4.24. The number of hydrogen-bond donors (Lipinski definition) is 2. The van der Waals surface area contributed by atoms with Gasteiger partial charge in [0.2, 0.25) is 0 Å². The maximum atomic E-state index is 14.1. The number of carbonyl (C=O) groups excluding carboxylic acids is 1. The smallest absolute Gasteiger partial charge is 0.257 e. The first-order chi connectivity index (χ1) is 11.1. The molecule has 1 aromatic heterocycles. The van der Waals surface area contributed by atoms with Crippen LogP contribution in [0.1, 0.15) is 29.0 Å². The highest BCUT2D eigenvalue weighted by molar-refractivity contribution is 6.33. The Labute approximate surface area is 150 Å². The van der Waals surface area contributed by atoms with Gasteiger partial charge in [-0.2, -0.15) is 0 Å². The van der Waals surface area contributed by atoms with E-state index in [1.54, 1.807) is 13.0 Å². The lowest BCUT2D eigenvalue weighted by atomic mass is 10.0. The van der Waals surface area contributed by atoms with Crippen molar-refractivity contribution in [1.29, 1.82) is 0 Å². The van der Waals surface area contributed by atoms with E-state index in [1.807, 2.05) is 0 Å². The van der Waals surface area contributed by atoms with Crippen LogP contribution in [0.15, 0.2) is 22.7 Å². The van der Waals surface area contributed by atoms with Crippen molar-refractivity contribution in [2.24, 2.45) is 0 Å². The van der Waals surface area contributed by atoms with Gasteiger partial charge in [0, 0.05) is 12.6 Å². The molecule has 1 aromatic carbocycles. The molecular weight excluding hydrogens is 356 g/mol. The minimum Gasteiger partial charge on any atom is -0.360 e. The molecule has 0 aliphatic carbocycles. The summed E-state index contributed by atoms with van der Waals surface area (Å²) < 4.78 is 19.3. The third kappa shape index (κ3) is 3.71. The quantitative estimate of drug-likeness (QED) is 0.865. The van der Waals surface area contributed by atoms with Gasteiger partial charge < -0.3 is 15.2 Å². The fourth-order valence-electron chi connectivity index (χ4n) is 2.77. The minimum atomic E-state index is -0.542. The van der Waals surface area contributed by atoms with Crippen LogP contribution in [0.2, 0.25) is 5.02 Å². The Kier molecular flexibility index (Phi) is 6.21. The average molecular weight is 374 g/mol. The van der Waals surface area contributed by atoms with Crippen molar-refractivity contribution < 1.29 is 13.7 Å². The Bertz CT molecular complexity index is 710. The predicted octanol–water partition coefficient (Wildman–Crippen LogP) is 3.35. The van der Waals surface area contributed by atoms with Crippen molar-refractivity contribution in [3.8, 4) is 11.3 Å². The van der Waals surface area contributed by atoms with Crippen LogP contribution in [0, 0.1) is 12.7 Å². The molecule has 2 aromatic rings. The van der Waals surface area contributed by atoms with Crippen molar-refractivity contribution in [3.05, 3.63) is 40.4 Å². The highest BCUT2D eigenvalue weighted by Crippen LogP contribution is 2.33. The fraction of sp³-hybridized carbons (Fsp3) is 0.375. The first-order valence-electron chi connectivity index (χ1n) is 7.50. The van der Waals surface area contributed by atoms with Gasteiger partial charge >= 0.3 is 0 Å². The van der Waals surface area contributed by atoms with Gasteiger partial charge in [-0.25, -0.2) is 4.39 Å². The first-order valence-corrected chi connectivity index (χ1v) is 7.88. The Hall–Kier alpha value is -1.63. The molecule has 0 spiro atoms. The van der Waals surface area contributed by atoms with E-state index in [2.05, 4.69) is 15.8 Å².